The van der Waals surface area contributed by atoms with Gasteiger partial charge in [-0.1, -0.05) is 13.8 Å². The first-order chi connectivity index (χ1) is 6.70. The highest BCUT2D eigenvalue weighted by molar-refractivity contribution is 5.82. The van der Waals surface area contributed by atoms with Crippen LogP contribution in [0, 0.1) is 5.92 Å². The van der Waals surface area contributed by atoms with Gasteiger partial charge in [0.1, 0.15) is 0 Å². The second-order valence-corrected chi connectivity index (χ2v) is 3.17. The van der Waals surface area contributed by atoms with Gasteiger partial charge in [-0.15, -0.1) is 0 Å². The molecule has 1 rings (SSSR count). The highest BCUT2D eigenvalue weighted by atomic mass is 16.2. The minimum atomic E-state index is -0.0877. The number of hydrazone groups is 1. The molecule has 0 radical (unpaired) electrons. The molecule has 0 spiro atoms. The van der Waals surface area contributed by atoms with E-state index >= 15 is 0 Å². The summed E-state index contributed by atoms with van der Waals surface area (Å²) in [5.74, 6) is -0.139. The molecular formula is C10H13N3O. The molecule has 0 aliphatic heterocycles. The van der Waals surface area contributed by atoms with Crippen molar-refractivity contribution >= 4 is 12.1 Å². The van der Waals surface area contributed by atoms with E-state index in [1.54, 1.807) is 18.6 Å². The van der Waals surface area contributed by atoms with E-state index in [-0.39, 0.29) is 11.8 Å². The number of hydrogen-bond donors (Lipinski definition) is 1. The highest BCUT2D eigenvalue weighted by Crippen LogP contribution is 1.92. The second kappa shape index (κ2) is 5.11. The summed E-state index contributed by atoms with van der Waals surface area (Å²) in [6.07, 6.45) is 4.93. The van der Waals surface area contributed by atoms with Gasteiger partial charge in [0.25, 0.3) is 0 Å². The Bertz CT molecular complexity index is 319. The third-order valence-electron chi connectivity index (χ3n) is 1.62. The van der Waals surface area contributed by atoms with E-state index in [4.69, 9.17) is 0 Å². The first kappa shape index (κ1) is 10.4. The lowest BCUT2D eigenvalue weighted by Gasteiger charge is -2.00. The van der Waals surface area contributed by atoms with Crippen molar-refractivity contribution in [1.29, 1.82) is 0 Å². The molecule has 1 amide bonds. The van der Waals surface area contributed by atoms with E-state index in [1.165, 1.54) is 0 Å². The van der Waals surface area contributed by atoms with Crippen molar-refractivity contribution in [3.8, 4) is 0 Å². The zero-order chi connectivity index (χ0) is 10.4. The van der Waals surface area contributed by atoms with Crippen LogP contribution in [-0.2, 0) is 4.79 Å². The standard InChI is InChI=1S/C10H13N3O/c1-8(2)10(14)13-12-7-9-3-5-11-6-4-9/h3-8H,1-2H3,(H,13,14). The van der Waals surface area contributed by atoms with Crippen LogP contribution in [0.1, 0.15) is 19.4 Å². The quantitative estimate of drug-likeness (QED) is 0.576. The summed E-state index contributed by atoms with van der Waals surface area (Å²) in [5, 5.41) is 3.81. The Morgan fingerprint density at radius 2 is 2.14 bits per heavy atom. The lowest BCUT2D eigenvalue weighted by molar-refractivity contribution is -0.123. The van der Waals surface area contributed by atoms with E-state index in [1.807, 2.05) is 26.0 Å². The van der Waals surface area contributed by atoms with Gasteiger partial charge in [0, 0.05) is 18.3 Å². The maximum Gasteiger partial charge on any atom is 0.242 e. The number of nitrogens with one attached hydrogen (secondary N) is 1. The van der Waals surface area contributed by atoms with Crippen LogP contribution in [0.3, 0.4) is 0 Å². The predicted molar refractivity (Wildman–Crippen MR) is 54.8 cm³/mol. The topological polar surface area (TPSA) is 54.4 Å². The Morgan fingerprint density at radius 1 is 1.50 bits per heavy atom. The summed E-state index contributed by atoms with van der Waals surface area (Å²) in [7, 11) is 0. The molecule has 74 valence electrons. The number of pyridine rings is 1. The van der Waals surface area contributed by atoms with E-state index in [2.05, 4.69) is 15.5 Å². The number of aromatic nitrogens is 1. The largest absolute Gasteiger partial charge is 0.273 e. The summed E-state index contributed by atoms with van der Waals surface area (Å²) in [6, 6.07) is 3.62. The Morgan fingerprint density at radius 3 is 2.71 bits per heavy atom. The van der Waals surface area contributed by atoms with Crippen molar-refractivity contribution in [2.45, 2.75) is 13.8 Å². The molecule has 1 N–H and O–H groups in total. The summed E-state index contributed by atoms with van der Waals surface area (Å²) in [5.41, 5.74) is 3.35. The number of carbonyl (C=O) groups excluding carboxylic acids is 1. The molecule has 0 bridgehead atoms. The first-order valence-corrected chi connectivity index (χ1v) is 4.43. The maximum absolute atomic E-state index is 11.1. The summed E-state index contributed by atoms with van der Waals surface area (Å²) >= 11 is 0. The minimum Gasteiger partial charge on any atom is -0.273 e. The molecule has 0 aromatic carbocycles. The lowest BCUT2D eigenvalue weighted by atomic mass is 10.2. The van der Waals surface area contributed by atoms with Crippen LogP contribution in [0.15, 0.2) is 29.6 Å². The van der Waals surface area contributed by atoms with Crippen molar-refractivity contribution in [1.82, 2.24) is 10.4 Å². The van der Waals surface area contributed by atoms with Crippen molar-refractivity contribution in [2.24, 2.45) is 11.0 Å². The lowest BCUT2D eigenvalue weighted by Crippen LogP contribution is -2.22. The number of carbonyl (C=O) groups is 1. The van der Waals surface area contributed by atoms with Crippen LogP contribution in [0.4, 0.5) is 0 Å². The minimum absolute atomic E-state index is 0.0513. The van der Waals surface area contributed by atoms with Gasteiger partial charge in [-0.25, -0.2) is 5.43 Å². The van der Waals surface area contributed by atoms with E-state index < -0.39 is 0 Å². The predicted octanol–water partition coefficient (Wildman–Crippen LogP) is 1.19. The number of rotatable bonds is 3. The van der Waals surface area contributed by atoms with Crippen molar-refractivity contribution in [3.63, 3.8) is 0 Å². The summed E-state index contributed by atoms with van der Waals surface area (Å²) in [6.45, 7) is 3.63. The van der Waals surface area contributed by atoms with Crippen molar-refractivity contribution in [2.75, 3.05) is 0 Å². The Labute approximate surface area is 83.1 Å². The maximum atomic E-state index is 11.1. The van der Waals surface area contributed by atoms with Crippen LogP contribution in [0.5, 0.6) is 0 Å². The SMILES string of the molecule is CC(C)C(=O)NN=Cc1ccncc1. The normalized spacial score (nSPS) is 10.8. The molecule has 1 heterocycles. The number of amides is 1. The van der Waals surface area contributed by atoms with Gasteiger partial charge in [-0.2, -0.15) is 5.10 Å². The Kier molecular flexibility index (Phi) is 3.79. The molecule has 14 heavy (non-hydrogen) atoms. The van der Waals surface area contributed by atoms with Gasteiger partial charge in [0.2, 0.25) is 5.91 Å². The Hall–Kier alpha value is -1.71. The van der Waals surface area contributed by atoms with Gasteiger partial charge >= 0.3 is 0 Å². The van der Waals surface area contributed by atoms with Crippen LogP contribution in [-0.4, -0.2) is 17.1 Å². The smallest absolute Gasteiger partial charge is 0.242 e. The van der Waals surface area contributed by atoms with E-state index in [0.717, 1.165) is 5.56 Å². The average Bonchev–Trinajstić information content (AvgIpc) is 2.19. The third kappa shape index (κ3) is 3.35. The molecule has 0 saturated heterocycles. The molecule has 0 aliphatic carbocycles. The highest BCUT2D eigenvalue weighted by Gasteiger charge is 2.03. The fraction of sp³-hybridized carbons (Fsp3) is 0.300. The monoisotopic (exact) mass is 191 g/mol. The molecule has 4 heteroatoms. The van der Waals surface area contributed by atoms with Gasteiger partial charge in [0.05, 0.1) is 6.21 Å². The molecule has 0 fully saturated rings. The molecule has 0 aliphatic rings. The molecule has 0 saturated carbocycles. The number of nitrogens with zero attached hydrogens (tertiary/aromatic N) is 2. The van der Waals surface area contributed by atoms with Crippen LogP contribution >= 0.6 is 0 Å². The van der Waals surface area contributed by atoms with Gasteiger partial charge in [-0.3, -0.25) is 9.78 Å². The average molecular weight is 191 g/mol. The van der Waals surface area contributed by atoms with Gasteiger partial charge in [-0.05, 0) is 17.7 Å². The van der Waals surface area contributed by atoms with Gasteiger partial charge < -0.3 is 0 Å². The second-order valence-electron chi connectivity index (χ2n) is 3.17. The van der Waals surface area contributed by atoms with Crippen LogP contribution < -0.4 is 5.43 Å². The summed E-state index contributed by atoms with van der Waals surface area (Å²) < 4.78 is 0. The first-order valence-electron chi connectivity index (χ1n) is 4.43. The Balaban J connectivity index is 2.46. The number of hydrogen-bond acceptors (Lipinski definition) is 3. The molecule has 0 unspecified atom stereocenters. The zero-order valence-corrected chi connectivity index (χ0v) is 8.27. The molecule has 4 nitrogen and oxygen atoms in total. The van der Waals surface area contributed by atoms with E-state index in [9.17, 15) is 4.79 Å². The zero-order valence-electron chi connectivity index (χ0n) is 8.27. The van der Waals surface area contributed by atoms with Crippen LogP contribution in [0.2, 0.25) is 0 Å². The molecular weight excluding hydrogens is 178 g/mol. The summed E-state index contributed by atoms with van der Waals surface area (Å²) in [4.78, 5) is 15.0. The molecule has 1 aromatic heterocycles. The third-order valence-corrected chi connectivity index (χ3v) is 1.62. The fourth-order valence-electron chi connectivity index (χ4n) is 0.749. The van der Waals surface area contributed by atoms with Gasteiger partial charge in [0.15, 0.2) is 0 Å². The van der Waals surface area contributed by atoms with Crippen molar-refractivity contribution in [3.05, 3.63) is 30.1 Å². The van der Waals surface area contributed by atoms with Crippen LogP contribution in [0.25, 0.3) is 0 Å². The fourth-order valence-corrected chi connectivity index (χ4v) is 0.749. The molecule has 0 atom stereocenters. The van der Waals surface area contributed by atoms with E-state index in [0.29, 0.717) is 0 Å². The molecule has 1 aromatic rings. The van der Waals surface area contributed by atoms with Crippen molar-refractivity contribution < 1.29 is 4.79 Å².